The van der Waals surface area contributed by atoms with Gasteiger partial charge in [0.1, 0.15) is 0 Å². The molecule has 1 rings (SSSR count). The minimum Gasteiger partial charge on any atom is -0.353 e. The number of rotatable bonds is 5. The average Bonchev–Trinajstić information content (AvgIpc) is 2.62. The number of hydrogen-bond donors (Lipinski definition) is 0. The van der Waals surface area contributed by atoms with Crippen molar-refractivity contribution in [2.75, 3.05) is 12.0 Å². The van der Waals surface area contributed by atoms with Crippen LogP contribution in [0.2, 0.25) is 0 Å². The van der Waals surface area contributed by atoms with Gasteiger partial charge in [-0.25, -0.2) is 0 Å². The van der Waals surface area contributed by atoms with Crippen molar-refractivity contribution in [1.82, 2.24) is 4.57 Å². The molecule has 72 valence electrons. The highest BCUT2D eigenvalue weighted by Gasteiger charge is 2.03. The van der Waals surface area contributed by atoms with E-state index in [-0.39, 0.29) is 5.78 Å². The third-order valence-electron chi connectivity index (χ3n) is 1.95. The molecule has 0 fully saturated rings. The standard InChI is InChI=1S/C10H15NOS/c1-3-10(12)9-4-5-11(8-9)6-7-13-2/h4-5,8H,3,6-7H2,1-2H3. The Labute approximate surface area is 83.3 Å². The lowest BCUT2D eigenvalue weighted by Gasteiger charge is -1.98. The van der Waals surface area contributed by atoms with Crippen LogP contribution in [0, 0.1) is 0 Å². The molecule has 0 spiro atoms. The van der Waals surface area contributed by atoms with E-state index in [1.807, 2.05) is 37.1 Å². The van der Waals surface area contributed by atoms with Crippen molar-refractivity contribution in [3.63, 3.8) is 0 Å². The maximum Gasteiger partial charge on any atom is 0.164 e. The van der Waals surface area contributed by atoms with Crippen molar-refractivity contribution < 1.29 is 4.79 Å². The molecule has 0 unspecified atom stereocenters. The van der Waals surface area contributed by atoms with Gasteiger partial charge in [0, 0.05) is 36.7 Å². The molecule has 1 heterocycles. The van der Waals surface area contributed by atoms with E-state index in [9.17, 15) is 4.79 Å². The Morgan fingerprint density at radius 3 is 3.00 bits per heavy atom. The Kier molecular flexibility index (Phi) is 4.09. The van der Waals surface area contributed by atoms with Gasteiger partial charge in [0.25, 0.3) is 0 Å². The summed E-state index contributed by atoms with van der Waals surface area (Å²) in [4.78, 5) is 11.3. The molecule has 0 amide bonds. The molecule has 0 saturated carbocycles. The van der Waals surface area contributed by atoms with Gasteiger partial charge in [0.2, 0.25) is 0 Å². The Morgan fingerprint density at radius 2 is 2.38 bits per heavy atom. The van der Waals surface area contributed by atoms with Crippen molar-refractivity contribution in [2.24, 2.45) is 0 Å². The van der Waals surface area contributed by atoms with Gasteiger partial charge in [0.15, 0.2) is 5.78 Å². The maximum absolute atomic E-state index is 11.3. The normalized spacial score (nSPS) is 10.3. The average molecular weight is 197 g/mol. The first-order chi connectivity index (χ1) is 6.27. The molecule has 0 N–H and O–H groups in total. The zero-order chi connectivity index (χ0) is 9.68. The largest absolute Gasteiger partial charge is 0.353 e. The van der Waals surface area contributed by atoms with Crippen molar-refractivity contribution in [3.05, 3.63) is 24.0 Å². The summed E-state index contributed by atoms with van der Waals surface area (Å²) in [5.74, 6) is 1.32. The summed E-state index contributed by atoms with van der Waals surface area (Å²) in [5.41, 5.74) is 0.837. The van der Waals surface area contributed by atoms with Crippen molar-refractivity contribution in [2.45, 2.75) is 19.9 Å². The minimum absolute atomic E-state index is 0.225. The second-order valence-corrected chi connectivity index (χ2v) is 3.89. The third-order valence-corrected chi connectivity index (χ3v) is 2.54. The van der Waals surface area contributed by atoms with Gasteiger partial charge in [-0.1, -0.05) is 6.92 Å². The molecular formula is C10H15NOS. The van der Waals surface area contributed by atoms with Gasteiger partial charge in [0.05, 0.1) is 0 Å². The summed E-state index contributed by atoms with van der Waals surface area (Å²) in [6, 6.07) is 1.90. The summed E-state index contributed by atoms with van der Waals surface area (Å²) in [6.07, 6.45) is 6.58. The molecular weight excluding hydrogens is 182 g/mol. The van der Waals surface area contributed by atoms with Crippen LogP contribution in [0.15, 0.2) is 18.5 Å². The summed E-state index contributed by atoms with van der Waals surface area (Å²) in [7, 11) is 0. The summed E-state index contributed by atoms with van der Waals surface area (Å²) in [6.45, 7) is 2.87. The fourth-order valence-electron chi connectivity index (χ4n) is 1.15. The number of aromatic nitrogens is 1. The number of aryl methyl sites for hydroxylation is 1. The second-order valence-electron chi connectivity index (χ2n) is 2.91. The maximum atomic E-state index is 11.3. The van der Waals surface area contributed by atoms with Gasteiger partial charge >= 0.3 is 0 Å². The molecule has 2 nitrogen and oxygen atoms in total. The number of carbonyl (C=O) groups excluding carboxylic acids is 1. The minimum atomic E-state index is 0.225. The fraction of sp³-hybridized carbons (Fsp3) is 0.500. The summed E-state index contributed by atoms with van der Waals surface area (Å²) >= 11 is 1.81. The molecule has 0 radical (unpaired) electrons. The first kappa shape index (κ1) is 10.4. The quantitative estimate of drug-likeness (QED) is 0.676. The summed E-state index contributed by atoms with van der Waals surface area (Å²) in [5, 5.41) is 0. The number of thioether (sulfide) groups is 1. The highest BCUT2D eigenvalue weighted by atomic mass is 32.2. The van der Waals surface area contributed by atoms with Crippen LogP contribution in [0.3, 0.4) is 0 Å². The molecule has 0 saturated heterocycles. The predicted octanol–water partition coefficient (Wildman–Crippen LogP) is 2.44. The molecule has 0 atom stereocenters. The molecule has 0 aliphatic carbocycles. The molecule has 0 aromatic carbocycles. The number of ketones is 1. The van der Waals surface area contributed by atoms with Crippen LogP contribution in [0.4, 0.5) is 0 Å². The smallest absolute Gasteiger partial charge is 0.164 e. The van der Waals surface area contributed by atoms with E-state index in [0.717, 1.165) is 17.9 Å². The van der Waals surface area contributed by atoms with Crippen LogP contribution in [-0.4, -0.2) is 22.4 Å². The zero-order valence-corrected chi connectivity index (χ0v) is 8.93. The van der Waals surface area contributed by atoms with Crippen LogP contribution >= 0.6 is 11.8 Å². The van der Waals surface area contributed by atoms with E-state index in [1.54, 1.807) is 0 Å². The fourth-order valence-corrected chi connectivity index (χ4v) is 1.54. The highest BCUT2D eigenvalue weighted by molar-refractivity contribution is 7.98. The van der Waals surface area contributed by atoms with E-state index in [0.29, 0.717) is 6.42 Å². The van der Waals surface area contributed by atoms with Gasteiger partial charge < -0.3 is 4.57 Å². The van der Waals surface area contributed by atoms with E-state index in [2.05, 4.69) is 10.8 Å². The molecule has 0 aliphatic rings. The zero-order valence-electron chi connectivity index (χ0n) is 8.12. The number of nitrogens with zero attached hydrogens (tertiary/aromatic N) is 1. The number of carbonyl (C=O) groups is 1. The molecule has 1 aromatic heterocycles. The summed E-state index contributed by atoms with van der Waals surface area (Å²) < 4.78 is 2.07. The Balaban J connectivity index is 2.58. The van der Waals surface area contributed by atoms with Crippen LogP contribution < -0.4 is 0 Å². The molecule has 1 aromatic rings. The van der Waals surface area contributed by atoms with Crippen LogP contribution in [0.5, 0.6) is 0 Å². The molecule has 3 heteroatoms. The van der Waals surface area contributed by atoms with Gasteiger partial charge in [-0.3, -0.25) is 4.79 Å². The van der Waals surface area contributed by atoms with Crippen molar-refractivity contribution in [1.29, 1.82) is 0 Å². The van der Waals surface area contributed by atoms with Gasteiger partial charge in [-0.15, -0.1) is 0 Å². The Hall–Kier alpha value is -0.700. The first-order valence-electron chi connectivity index (χ1n) is 4.46. The van der Waals surface area contributed by atoms with Gasteiger partial charge in [-0.05, 0) is 12.3 Å². The Bertz CT molecular complexity index is 280. The van der Waals surface area contributed by atoms with E-state index in [1.165, 1.54) is 0 Å². The van der Waals surface area contributed by atoms with Crippen LogP contribution in [0.1, 0.15) is 23.7 Å². The van der Waals surface area contributed by atoms with Gasteiger partial charge in [-0.2, -0.15) is 11.8 Å². The molecule has 13 heavy (non-hydrogen) atoms. The number of hydrogen-bond acceptors (Lipinski definition) is 2. The first-order valence-corrected chi connectivity index (χ1v) is 5.85. The lowest BCUT2D eigenvalue weighted by Crippen LogP contribution is -1.98. The molecule has 0 bridgehead atoms. The number of Topliss-reactive ketones (excluding diaryl/α,β-unsaturated/α-hetero) is 1. The molecule has 0 aliphatic heterocycles. The van der Waals surface area contributed by atoms with E-state index in [4.69, 9.17) is 0 Å². The monoisotopic (exact) mass is 197 g/mol. The van der Waals surface area contributed by atoms with Crippen molar-refractivity contribution in [3.8, 4) is 0 Å². The lowest BCUT2D eigenvalue weighted by atomic mass is 10.2. The second kappa shape index (κ2) is 5.12. The SMILES string of the molecule is CCC(=O)c1ccn(CCSC)c1. The third kappa shape index (κ3) is 2.92. The van der Waals surface area contributed by atoms with E-state index >= 15 is 0 Å². The Morgan fingerprint density at radius 1 is 1.62 bits per heavy atom. The highest BCUT2D eigenvalue weighted by Crippen LogP contribution is 2.05. The van der Waals surface area contributed by atoms with Crippen molar-refractivity contribution >= 4 is 17.5 Å². The van der Waals surface area contributed by atoms with E-state index < -0.39 is 0 Å². The lowest BCUT2D eigenvalue weighted by molar-refractivity contribution is 0.0988. The van der Waals surface area contributed by atoms with Crippen LogP contribution in [-0.2, 0) is 6.54 Å². The predicted molar refractivity (Wildman–Crippen MR) is 57.4 cm³/mol. The topological polar surface area (TPSA) is 22.0 Å². The van der Waals surface area contributed by atoms with Crippen LogP contribution in [0.25, 0.3) is 0 Å².